The Morgan fingerprint density at radius 2 is 1.92 bits per heavy atom. The highest BCUT2D eigenvalue weighted by atomic mass is 35.5. The number of esters is 1. The van der Waals surface area contributed by atoms with Crippen LogP contribution in [-0.4, -0.2) is 58.1 Å². The molecule has 0 amide bonds. The largest absolute Gasteiger partial charge is 0.496 e. The summed E-state index contributed by atoms with van der Waals surface area (Å²) in [5, 5.41) is 3.47. The summed E-state index contributed by atoms with van der Waals surface area (Å²) in [6.07, 6.45) is 2.93. The normalized spacial score (nSPS) is 23.4. The number of fused-ring (bicyclic) bond motifs is 2. The molecule has 2 unspecified atom stereocenters. The van der Waals surface area contributed by atoms with Gasteiger partial charge < -0.3 is 14.8 Å². The van der Waals surface area contributed by atoms with Gasteiger partial charge in [0.2, 0.25) is 10.0 Å². The molecule has 3 rings (SSSR count). The lowest BCUT2D eigenvalue weighted by Crippen LogP contribution is -2.39. The number of carbonyl (C=O) groups excluding carboxylic acids is 1. The number of nitrogens with zero attached hydrogens (tertiary/aromatic N) is 1. The molecule has 1 aromatic rings. The van der Waals surface area contributed by atoms with E-state index in [1.54, 1.807) is 0 Å². The third-order valence-corrected chi connectivity index (χ3v) is 6.56. The lowest BCUT2D eigenvalue weighted by atomic mass is 10.1. The van der Waals surface area contributed by atoms with Crippen molar-refractivity contribution in [3.05, 3.63) is 23.8 Å². The molecule has 7 nitrogen and oxygen atoms in total. The Kier molecular flexibility index (Phi) is 6.31. The van der Waals surface area contributed by atoms with E-state index in [9.17, 15) is 13.2 Å². The third kappa shape index (κ3) is 3.92. The first-order chi connectivity index (χ1) is 11.5. The second-order valence-corrected chi connectivity index (χ2v) is 8.08. The molecule has 2 aliphatic heterocycles. The number of carbonyl (C=O) groups is 1. The monoisotopic (exact) mass is 390 g/mol. The van der Waals surface area contributed by atoms with E-state index in [1.165, 1.54) is 36.7 Å². The van der Waals surface area contributed by atoms with Crippen LogP contribution in [0.3, 0.4) is 0 Å². The molecule has 1 N–H and O–H groups in total. The molecule has 9 heteroatoms. The third-order valence-electron chi connectivity index (χ3n) is 4.70. The fourth-order valence-electron chi connectivity index (χ4n) is 3.39. The minimum absolute atomic E-state index is 0. The van der Waals surface area contributed by atoms with Gasteiger partial charge in [-0.05, 0) is 31.4 Å². The van der Waals surface area contributed by atoms with Crippen LogP contribution in [0.25, 0.3) is 0 Å². The van der Waals surface area contributed by atoms with Crippen molar-refractivity contribution in [2.24, 2.45) is 0 Å². The summed E-state index contributed by atoms with van der Waals surface area (Å²) in [5.41, 5.74) is 0.204. The van der Waals surface area contributed by atoms with Crippen molar-refractivity contribution in [2.75, 3.05) is 27.3 Å². The maximum absolute atomic E-state index is 13.0. The van der Waals surface area contributed by atoms with E-state index in [4.69, 9.17) is 4.74 Å². The molecule has 1 aromatic carbocycles. The Morgan fingerprint density at radius 3 is 2.60 bits per heavy atom. The van der Waals surface area contributed by atoms with Gasteiger partial charge in [-0.25, -0.2) is 13.2 Å². The molecule has 2 fully saturated rings. The van der Waals surface area contributed by atoms with Crippen molar-refractivity contribution in [2.45, 2.75) is 36.2 Å². The highest BCUT2D eigenvalue weighted by Crippen LogP contribution is 2.28. The Labute approximate surface area is 154 Å². The van der Waals surface area contributed by atoms with E-state index < -0.39 is 16.0 Å². The summed E-state index contributed by atoms with van der Waals surface area (Å²) in [6.45, 7) is 0.970. The average Bonchev–Trinajstić information content (AvgIpc) is 2.91. The number of hydrogen-bond acceptors (Lipinski definition) is 6. The van der Waals surface area contributed by atoms with E-state index in [0.29, 0.717) is 19.1 Å². The molecule has 0 aromatic heterocycles. The number of ether oxygens (including phenoxy) is 2. The van der Waals surface area contributed by atoms with Crippen LogP contribution in [0.15, 0.2) is 23.1 Å². The summed E-state index contributed by atoms with van der Waals surface area (Å²) in [5.74, 6) is -0.371. The number of rotatable bonds is 4. The molecule has 140 valence electrons. The van der Waals surface area contributed by atoms with E-state index in [1.807, 2.05) is 0 Å². The minimum Gasteiger partial charge on any atom is -0.496 e. The van der Waals surface area contributed by atoms with Gasteiger partial charge in [0.05, 0.1) is 19.1 Å². The van der Waals surface area contributed by atoms with Crippen LogP contribution in [0, 0.1) is 0 Å². The van der Waals surface area contributed by atoms with E-state index in [2.05, 4.69) is 10.1 Å². The molecule has 2 saturated heterocycles. The molecular weight excluding hydrogens is 368 g/mol. The quantitative estimate of drug-likeness (QED) is 0.782. The van der Waals surface area contributed by atoms with Gasteiger partial charge in [-0.1, -0.05) is 0 Å². The molecule has 2 heterocycles. The molecule has 2 bridgehead atoms. The van der Waals surface area contributed by atoms with Gasteiger partial charge in [0, 0.05) is 31.2 Å². The summed E-state index contributed by atoms with van der Waals surface area (Å²) in [7, 11) is -0.963. The molecule has 2 atom stereocenters. The minimum atomic E-state index is -3.63. The number of sulfonamides is 1. The first-order valence-electron chi connectivity index (χ1n) is 7.98. The summed E-state index contributed by atoms with van der Waals surface area (Å²) in [6, 6.07) is 4.87. The second-order valence-electron chi connectivity index (χ2n) is 6.14. The first-order valence-corrected chi connectivity index (χ1v) is 9.42. The summed E-state index contributed by atoms with van der Waals surface area (Å²) < 4.78 is 37.3. The molecule has 0 radical (unpaired) electrons. The van der Waals surface area contributed by atoms with Gasteiger partial charge in [-0.3, -0.25) is 0 Å². The number of methoxy groups -OCH3 is 2. The Balaban J connectivity index is 0.00000225. The zero-order chi connectivity index (χ0) is 17.3. The van der Waals surface area contributed by atoms with Gasteiger partial charge in [0.15, 0.2) is 0 Å². The number of halogens is 1. The van der Waals surface area contributed by atoms with E-state index in [0.717, 1.165) is 19.3 Å². The fourth-order valence-corrected chi connectivity index (χ4v) is 4.91. The Hall–Kier alpha value is -1.35. The second kappa shape index (κ2) is 7.90. The van der Waals surface area contributed by atoms with E-state index in [-0.39, 0.29) is 34.7 Å². The molecule has 25 heavy (non-hydrogen) atoms. The van der Waals surface area contributed by atoms with Crippen LogP contribution < -0.4 is 10.1 Å². The van der Waals surface area contributed by atoms with Crippen molar-refractivity contribution in [1.82, 2.24) is 9.62 Å². The van der Waals surface area contributed by atoms with Gasteiger partial charge in [-0.15, -0.1) is 12.4 Å². The van der Waals surface area contributed by atoms with Crippen molar-refractivity contribution in [1.29, 1.82) is 0 Å². The zero-order valence-corrected chi connectivity index (χ0v) is 15.9. The molecule has 2 aliphatic rings. The van der Waals surface area contributed by atoms with Gasteiger partial charge in [0.25, 0.3) is 0 Å². The van der Waals surface area contributed by atoms with E-state index >= 15 is 0 Å². The predicted molar refractivity (Wildman–Crippen MR) is 94.9 cm³/mol. The summed E-state index contributed by atoms with van der Waals surface area (Å²) in [4.78, 5) is 11.8. The van der Waals surface area contributed by atoms with Gasteiger partial charge in [-0.2, -0.15) is 4.31 Å². The van der Waals surface area contributed by atoms with Crippen LogP contribution in [-0.2, 0) is 14.8 Å². The van der Waals surface area contributed by atoms with Crippen LogP contribution in [0.4, 0.5) is 0 Å². The first kappa shape index (κ1) is 20.0. The van der Waals surface area contributed by atoms with Gasteiger partial charge >= 0.3 is 5.97 Å². The number of benzene rings is 1. The lowest BCUT2D eigenvalue weighted by Gasteiger charge is -2.24. The maximum atomic E-state index is 13.0. The summed E-state index contributed by atoms with van der Waals surface area (Å²) >= 11 is 0. The van der Waals surface area contributed by atoms with Crippen LogP contribution in [0.2, 0.25) is 0 Å². The van der Waals surface area contributed by atoms with Crippen molar-refractivity contribution < 1.29 is 22.7 Å². The van der Waals surface area contributed by atoms with Crippen molar-refractivity contribution >= 4 is 28.4 Å². The van der Waals surface area contributed by atoms with Gasteiger partial charge in [0.1, 0.15) is 11.3 Å². The number of hydrogen-bond donors (Lipinski definition) is 1. The van der Waals surface area contributed by atoms with Crippen molar-refractivity contribution in [3.63, 3.8) is 0 Å². The van der Waals surface area contributed by atoms with Crippen molar-refractivity contribution in [3.8, 4) is 5.75 Å². The topological polar surface area (TPSA) is 84.9 Å². The smallest absolute Gasteiger partial charge is 0.341 e. The Bertz CT molecular complexity index is 740. The Morgan fingerprint density at radius 1 is 1.20 bits per heavy atom. The average molecular weight is 391 g/mol. The van der Waals surface area contributed by atoms with Crippen LogP contribution >= 0.6 is 12.4 Å². The highest BCUT2D eigenvalue weighted by Gasteiger charge is 2.35. The standard InChI is InChI=1S/C16H22N2O5S.ClH/c1-22-15-9-13(5-6-14(15)16(19)23-2)24(20,21)18-8-7-11-3-4-12(10-18)17-11;/h5-6,9,11-12,17H,3-4,7-8,10H2,1-2H3;1H. The fraction of sp³-hybridized carbons (Fsp3) is 0.562. The number of nitrogens with one attached hydrogen (secondary N) is 1. The molecule has 0 saturated carbocycles. The maximum Gasteiger partial charge on any atom is 0.341 e. The van der Waals surface area contributed by atoms with Crippen LogP contribution in [0.1, 0.15) is 29.6 Å². The SMILES string of the molecule is COC(=O)c1ccc(S(=O)(=O)N2CCC3CCC(C2)N3)cc1OC.Cl. The molecule has 0 spiro atoms. The molecule has 0 aliphatic carbocycles. The predicted octanol–water partition coefficient (Wildman–Crippen LogP) is 1.42. The highest BCUT2D eigenvalue weighted by molar-refractivity contribution is 7.89. The van der Waals surface area contributed by atoms with Crippen LogP contribution in [0.5, 0.6) is 5.75 Å². The lowest BCUT2D eigenvalue weighted by molar-refractivity contribution is 0.0597. The molecular formula is C16H23ClN2O5S. The zero-order valence-electron chi connectivity index (χ0n) is 14.2.